The molecule has 1 aromatic rings. The van der Waals surface area contributed by atoms with Crippen LogP contribution in [0, 0.1) is 11.7 Å². The van der Waals surface area contributed by atoms with Crippen molar-refractivity contribution in [3.8, 4) is 5.75 Å². The molecule has 1 aliphatic carbocycles. The van der Waals surface area contributed by atoms with Crippen LogP contribution < -0.4 is 10.5 Å². The van der Waals surface area contributed by atoms with Crippen molar-refractivity contribution in [1.29, 1.82) is 0 Å². The molecule has 0 aromatic heterocycles. The lowest BCUT2D eigenvalue weighted by molar-refractivity contribution is 0.175. The second-order valence-corrected chi connectivity index (χ2v) is 4.24. The standard InChI is InChI=1S/C12H15FN2O2/c13-10-6-9(12(14)15-16)4-5-11(10)17-7-8-2-1-3-8/h4-6,8,16H,1-3,7H2,(H2,14,15). The molecule has 2 rings (SSSR count). The highest BCUT2D eigenvalue weighted by molar-refractivity contribution is 5.97. The van der Waals surface area contributed by atoms with Gasteiger partial charge in [0, 0.05) is 5.56 Å². The van der Waals surface area contributed by atoms with Gasteiger partial charge in [-0.25, -0.2) is 4.39 Å². The fourth-order valence-corrected chi connectivity index (χ4v) is 1.70. The SMILES string of the molecule is N/C(=N/O)c1ccc(OCC2CCC2)c(F)c1. The number of hydrogen-bond acceptors (Lipinski definition) is 3. The minimum absolute atomic E-state index is 0.116. The van der Waals surface area contributed by atoms with Crippen LogP contribution in [0.25, 0.3) is 0 Å². The molecule has 0 heterocycles. The summed E-state index contributed by atoms with van der Waals surface area (Å²) in [4.78, 5) is 0. The summed E-state index contributed by atoms with van der Waals surface area (Å²) in [6, 6.07) is 4.26. The normalized spacial score (nSPS) is 16.6. The minimum Gasteiger partial charge on any atom is -0.490 e. The topological polar surface area (TPSA) is 67.8 Å². The van der Waals surface area contributed by atoms with Crippen molar-refractivity contribution < 1.29 is 14.3 Å². The van der Waals surface area contributed by atoms with Crippen LogP contribution >= 0.6 is 0 Å². The monoisotopic (exact) mass is 238 g/mol. The molecule has 1 saturated carbocycles. The summed E-state index contributed by atoms with van der Waals surface area (Å²) in [6.07, 6.45) is 3.55. The maximum atomic E-state index is 13.6. The number of amidine groups is 1. The first-order valence-corrected chi connectivity index (χ1v) is 5.61. The van der Waals surface area contributed by atoms with Crippen molar-refractivity contribution >= 4 is 5.84 Å². The lowest BCUT2D eigenvalue weighted by Gasteiger charge is -2.25. The molecular weight excluding hydrogens is 223 g/mol. The van der Waals surface area contributed by atoms with E-state index in [-0.39, 0.29) is 11.6 Å². The molecule has 0 radical (unpaired) electrons. The van der Waals surface area contributed by atoms with Crippen LogP contribution in [0.15, 0.2) is 23.4 Å². The van der Waals surface area contributed by atoms with Gasteiger partial charge in [-0.3, -0.25) is 0 Å². The molecule has 4 nitrogen and oxygen atoms in total. The largest absolute Gasteiger partial charge is 0.490 e. The Bertz CT molecular complexity index is 431. The van der Waals surface area contributed by atoms with E-state index in [9.17, 15) is 4.39 Å². The van der Waals surface area contributed by atoms with Crippen LogP contribution in [0.5, 0.6) is 5.75 Å². The van der Waals surface area contributed by atoms with Gasteiger partial charge in [0.05, 0.1) is 6.61 Å². The molecule has 1 aliphatic rings. The third-order valence-corrected chi connectivity index (χ3v) is 3.03. The summed E-state index contributed by atoms with van der Waals surface area (Å²) < 4.78 is 19.0. The summed E-state index contributed by atoms with van der Waals surface area (Å²) in [6.45, 7) is 0.555. The van der Waals surface area contributed by atoms with Gasteiger partial charge in [-0.2, -0.15) is 0 Å². The molecule has 3 N–H and O–H groups in total. The average molecular weight is 238 g/mol. The predicted octanol–water partition coefficient (Wildman–Crippen LogP) is 2.10. The van der Waals surface area contributed by atoms with Gasteiger partial charge in [0.1, 0.15) is 0 Å². The fourth-order valence-electron chi connectivity index (χ4n) is 1.70. The summed E-state index contributed by atoms with van der Waals surface area (Å²) >= 11 is 0. The molecular formula is C12H15FN2O2. The van der Waals surface area contributed by atoms with Gasteiger partial charge in [-0.1, -0.05) is 11.6 Å². The van der Waals surface area contributed by atoms with E-state index in [1.165, 1.54) is 18.6 Å². The second-order valence-electron chi connectivity index (χ2n) is 4.24. The minimum atomic E-state index is -0.492. The summed E-state index contributed by atoms with van der Waals surface area (Å²) in [5.74, 6) is 0.160. The van der Waals surface area contributed by atoms with Crippen molar-refractivity contribution in [2.24, 2.45) is 16.8 Å². The van der Waals surface area contributed by atoms with Crippen molar-refractivity contribution in [2.45, 2.75) is 19.3 Å². The molecule has 0 unspecified atom stereocenters. The van der Waals surface area contributed by atoms with Crippen molar-refractivity contribution in [1.82, 2.24) is 0 Å². The number of rotatable bonds is 4. The maximum Gasteiger partial charge on any atom is 0.170 e. The first-order chi connectivity index (χ1) is 8.20. The number of ether oxygens (including phenoxy) is 1. The Hall–Kier alpha value is -1.78. The Labute approximate surface area is 98.9 Å². The maximum absolute atomic E-state index is 13.6. The number of hydrogen-bond donors (Lipinski definition) is 2. The Morgan fingerprint density at radius 2 is 2.29 bits per heavy atom. The van der Waals surface area contributed by atoms with Gasteiger partial charge in [0.15, 0.2) is 17.4 Å². The number of halogens is 1. The highest BCUT2D eigenvalue weighted by Crippen LogP contribution is 2.28. The molecule has 92 valence electrons. The van der Waals surface area contributed by atoms with E-state index in [4.69, 9.17) is 15.7 Å². The highest BCUT2D eigenvalue weighted by atomic mass is 19.1. The highest BCUT2D eigenvalue weighted by Gasteiger charge is 2.18. The quantitative estimate of drug-likeness (QED) is 0.365. The van der Waals surface area contributed by atoms with Gasteiger partial charge in [0.2, 0.25) is 0 Å². The van der Waals surface area contributed by atoms with E-state index in [2.05, 4.69) is 5.16 Å². The third kappa shape index (κ3) is 2.67. The zero-order chi connectivity index (χ0) is 12.3. The van der Waals surface area contributed by atoms with Gasteiger partial charge in [0.25, 0.3) is 0 Å². The first kappa shape index (κ1) is 11.7. The molecule has 0 bridgehead atoms. The Balaban J connectivity index is 2.03. The van der Waals surface area contributed by atoms with E-state index in [1.54, 1.807) is 6.07 Å². The van der Waals surface area contributed by atoms with Crippen molar-refractivity contribution in [3.63, 3.8) is 0 Å². The molecule has 0 aliphatic heterocycles. The van der Waals surface area contributed by atoms with Crippen LogP contribution in [0.1, 0.15) is 24.8 Å². The number of nitrogens with two attached hydrogens (primary N) is 1. The van der Waals surface area contributed by atoms with Gasteiger partial charge in [-0.05, 0) is 37.0 Å². The molecule has 17 heavy (non-hydrogen) atoms. The van der Waals surface area contributed by atoms with Crippen LogP contribution in [0.3, 0.4) is 0 Å². The lowest BCUT2D eigenvalue weighted by atomic mass is 9.86. The summed E-state index contributed by atoms with van der Waals surface area (Å²) in [5.41, 5.74) is 5.69. The zero-order valence-electron chi connectivity index (χ0n) is 9.40. The Kier molecular flexibility index (Phi) is 3.46. The van der Waals surface area contributed by atoms with Gasteiger partial charge >= 0.3 is 0 Å². The lowest BCUT2D eigenvalue weighted by Crippen LogP contribution is -2.19. The van der Waals surface area contributed by atoms with Crippen molar-refractivity contribution in [3.05, 3.63) is 29.6 Å². The third-order valence-electron chi connectivity index (χ3n) is 3.03. The Morgan fingerprint density at radius 1 is 1.53 bits per heavy atom. The first-order valence-electron chi connectivity index (χ1n) is 5.61. The van der Waals surface area contributed by atoms with E-state index in [0.29, 0.717) is 18.1 Å². The zero-order valence-corrected chi connectivity index (χ0v) is 9.40. The van der Waals surface area contributed by atoms with Gasteiger partial charge < -0.3 is 15.7 Å². The van der Waals surface area contributed by atoms with Crippen LogP contribution in [0.4, 0.5) is 4.39 Å². The number of oxime groups is 1. The van der Waals surface area contributed by atoms with E-state index >= 15 is 0 Å². The second kappa shape index (κ2) is 5.03. The molecule has 0 atom stereocenters. The van der Waals surface area contributed by atoms with E-state index in [0.717, 1.165) is 12.8 Å². The predicted molar refractivity (Wildman–Crippen MR) is 61.7 cm³/mol. The smallest absolute Gasteiger partial charge is 0.170 e. The van der Waals surface area contributed by atoms with Gasteiger partial charge in [-0.15, -0.1) is 0 Å². The molecule has 0 spiro atoms. The summed E-state index contributed by atoms with van der Waals surface area (Å²) in [5, 5.41) is 11.3. The Morgan fingerprint density at radius 3 is 2.82 bits per heavy atom. The number of nitrogens with zero attached hydrogens (tertiary/aromatic N) is 1. The molecule has 5 heteroatoms. The van der Waals surface area contributed by atoms with E-state index in [1.807, 2.05) is 0 Å². The molecule has 1 aromatic carbocycles. The summed E-state index contributed by atoms with van der Waals surface area (Å²) in [7, 11) is 0. The van der Waals surface area contributed by atoms with Crippen LogP contribution in [-0.4, -0.2) is 17.6 Å². The van der Waals surface area contributed by atoms with Crippen molar-refractivity contribution in [2.75, 3.05) is 6.61 Å². The fraction of sp³-hybridized carbons (Fsp3) is 0.417. The van der Waals surface area contributed by atoms with E-state index < -0.39 is 5.82 Å². The molecule has 0 saturated heterocycles. The van der Waals surface area contributed by atoms with Crippen LogP contribution in [0.2, 0.25) is 0 Å². The average Bonchev–Trinajstić information content (AvgIpc) is 2.28. The molecule has 0 amide bonds. The molecule has 1 fully saturated rings. The number of benzene rings is 1. The van der Waals surface area contributed by atoms with Crippen LogP contribution in [-0.2, 0) is 0 Å².